The van der Waals surface area contributed by atoms with Gasteiger partial charge in [-0.1, -0.05) is 25.6 Å². The van der Waals surface area contributed by atoms with Gasteiger partial charge < -0.3 is 24.9 Å². The molecular weight excluding hydrogens is 391 g/mol. The highest BCUT2D eigenvalue weighted by molar-refractivity contribution is 7.58. The lowest BCUT2D eigenvalue weighted by Crippen LogP contribution is -2.10. The fourth-order valence-corrected chi connectivity index (χ4v) is 3.85. The first-order valence-electron chi connectivity index (χ1n) is 9.14. The number of anilines is 2. The molecule has 1 saturated carbocycles. The Labute approximate surface area is 170 Å². The highest BCUT2D eigenvalue weighted by Crippen LogP contribution is 2.42. The Balaban J connectivity index is 0.00000240. The van der Waals surface area contributed by atoms with Gasteiger partial charge in [-0.15, -0.1) is 0 Å². The minimum absolute atomic E-state index is 0. The molecule has 0 amide bonds. The molecule has 10 heteroatoms. The van der Waals surface area contributed by atoms with E-state index < -0.39 is 7.37 Å². The van der Waals surface area contributed by atoms with Crippen LogP contribution in [0.5, 0.6) is 5.75 Å². The van der Waals surface area contributed by atoms with Crippen molar-refractivity contribution in [1.29, 1.82) is 0 Å². The SMILES string of the molecule is C.CP(=O)(COCCn1cnc2c(NC3CC3)nc(N)nc21)Oc1ccccc1. The number of para-hydroxylation sites is 1. The Morgan fingerprint density at radius 3 is 2.76 bits per heavy atom. The van der Waals surface area contributed by atoms with Gasteiger partial charge in [-0.05, 0) is 25.0 Å². The summed E-state index contributed by atoms with van der Waals surface area (Å²) in [7, 11) is -2.90. The van der Waals surface area contributed by atoms with Gasteiger partial charge >= 0.3 is 0 Å². The maximum atomic E-state index is 12.5. The van der Waals surface area contributed by atoms with Crippen molar-refractivity contribution in [2.75, 3.05) is 30.7 Å². The Morgan fingerprint density at radius 1 is 1.28 bits per heavy atom. The molecule has 1 aliphatic carbocycles. The summed E-state index contributed by atoms with van der Waals surface area (Å²) < 4.78 is 25.5. The number of benzene rings is 1. The van der Waals surface area contributed by atoms with Crippen molar-refractivity contribution in [3.05, 3.63) is 36.7 Å². The number of nitrogens with one attached hydrogen (secondary N) is 1. The Bertz CT molecular complexity index is 1010. The van der Waals surface area contributed by atoms with Crippen LogP contribution in [0.15, 0.2) is 36.7 Å². The zero-order chi connectivity index (χ0) is 19.6. The topological polar surface area (TPSA) is 117 Å². The quantitative estimate of drug-likeness (QED) is 0.400. The third-order valence-electron chi connectivity index (χ3n) is 4.24. The lowest BCUT2D eigenvalue weighted by atomic mass is 10.3. The summed E-state index contributed by atoms with van der Waals surface area (Å²) in [4.78, 5) is 13.0. The molecule has 0 aliphatic heterocycles. The molecule has 3 aromatic rings. The highest BCUT2D eigenvalue weighted by Gasteiger charge is 2.24. The summed E-state index contributed by atoms with van der Waals surface area (Å²) in [5.74, 6) is 1.44. The molecule has 9 nitrogen and oxygen atoms in total. The predicted molar refractivity (Wildman–Crippen MR) is 115 cm³/mol. The van der Waals surface area contributed by atoms with Crippen LogP contribution in [0.2, 0.25) is 0 Å². The molecule has 0 spiro atoms. The number of nitrogens with two attached hydrogens (primary N) is 1. The van der Waals surface area contributed by atoms with Crippen LogP contribution in [0.4, 0.5) is 11.8 Å². The zero-order valence-electron chi connectivity index (χ0n) is 15.6. The lowest BCUT2D eigenvalue weighted by molar-refractivity contribution is 0.161. The largest absolute Gasteiger partial charge is 0.441 e. The number of nitrogen functional groups attached to an aromatic ring is 1. The number of imidazole rings is 1. The van der Waals surface area contributed by atoms with Gasteiger partial charge in [0.1, 0.15) is 12.1 Å². The minimum atomic E-state index is -2.90. The molecule has 2 aromatic heterocycles. The van der Waals surface area contributed by atoms with E-state index in [0.29, 0.717) is 41.9 Å². The first kappa shape index (κ1) is 21.1. The number of nitrogens with zero attached hydrogens (tertiary/aromatic N) is 4. The summed E-state index contributed by atoms with van der Waals surface area (Å²) in [6.45, 7) is 2.41. The van der Waals surface area contributed by atoms with E-state index in [4.69, 9.17) is 15.0 Å². The fourth-order valence-electron chi connectivity index (χ4n) is 2.77. The summed E-state index contributed by atoms with van der Waals surface area (Å²) in [6.07, 6.45) is 3.97. The van der Waals surface area contributed by atoms with E-state index in [9.17, 15) is 4.57 Å². The standard InChI is InChI=1S/C18H23N6O3P.CH4/c1-28(25,27-14-5-3-2-4-6-14)12-26-10-9-24-11-20-15-16(21-13-7-8-13)22-18(19)23-17(15)24;/h2-6,11,13H,7-10,12H2,1H3,(H3,19,21,22,23);1H4. The minimum Gasteiger partial charge on any atom is -0.441 e. The van der Waals surface area contributed by atoms with Crippen LogP contribution in [-0.2, 0) is 15.8 Å². The molecule has 0 bridgehead atoms. The molecule has 29 heavy (non-hydrogen) atoms. The molecule has 1 fully saturated rings. The number of aromatic nitrogens is 4. The van der Waals surface area contributed by atoms with Crippen LogP contribution < -0.4 is 15.6 Å². The molecule has 1 aromatic carbocycles. The van der Waals surface area contributed by atoms with E-state index in [1.165, 1.54) is 0 Å². The summed E-state index contributed by atoms with van der Waals surface area (Å²) in [5, 5.41) is 3.33. The van der Waals surface area contributed by atoms with Gasteiger partial charge in [0.2, 0.25) is 5.95 Å². The third kappa shape index (κ3) is 5.46. The molecule has 4 rings (SSSR count). The molecule has 0 radical (unpaired) electrons. The Morgan fingerprint density at radius 2 is 2.03 bits per heavy atom. The molecule has 1 aliphatic rings. The Kier molecular flexibility index (Phi) is 6.39. The smallest absolute Gasteiger partial charge is 0.269 e. The van der Waals surface area contributed by atoms with Crippen molar-refractivity contribution in [1.82, 2.24) is 19.5 Å². The first-order chi connectivity index (χ1) is 13.5. The van der Waals surface area contributed by atoms with Crippen molar-refractivity contribution >= 4 is 30.3 Å². The summed E-state index contributed by atoms with van der Waals surface area (Å²) in [5.41, 5.74) is 7.19. The molecule has 156 valence electrons. The molecule has 3 N–H and O–H groups in total. The van der Waals surface area contributed by atoms with E-state index in [0.717, 1.165) is 12.8 Å². The second-order valence-electron chi connectivity index (χ2n) is 6.91. The van der Waals surface area contributed by atoms with Gasteiger partial charge in [-0.2, -0.15) is 9.97 Å². The molecule has 0 saturated heterocycles. The Hall–Kier alpha value is -2.64. The van der Waals surface area contributed by atoms with E-state index in [-0.39, 0.29) is 19.7 Å². The summed E-state index contributed by atoms with van der Waals surface area (Å²) in [6, 6.07) is 9.52. The second kappa shape index (κ2) is 8.80. The van der Waals surface area contributed by atoms with Crippen LogP contribution in [0.25, 0.3) is 11.2 Å². The van der Waals surface area contributed by atoms with E-state index >= 15 is 0 Å². The number of hydrogen-bond acceptors (Lipinski definition) is 8. The van der Waals surface area contributed by atoms with Crippen LogP contribution >= 0.6 is 7.37 Å². The molecular formula is C19H27N6O3P. The first-order valence-corrected chi connectivity index (χ1v) is 11.4. The molecule has 1 atom stereocenters. The highest BCUT2D eigenvalue weighted by atomic mass is 31.2. The van der Waals surface area contributed by atoms with Gasteiger partial charge in [-0.25, -0.2) is 4.98 Å². The van der Waals surface area contributed by atoms with Gasteiger partial charge in [0, 0.05) is 19.3 Å². The average molecular weight is 418 g/mol. The van der Waals surface area contributed by atoms with E-state index in [2.05, 4.69) is 20.3 Å². The number of fused-ring (bicyclic) bond motifs is 1. The average Bonchev–Trinajstić information content (AvgIpc) is 3.37. The monoisotopic (exact) mass is 418 g/mol. The number of rotatable bonds is 9. The van der Waals surface area contributed by atoms with Crippen LogP contribution in [-0.4, -0.2) is 45.2 Å². The maximum Gasteiger partial charge on any atom is 0.269 e. The van der Waals surface area contributed by atoms with Crippen molar-refractivity contribution < 1.29 is 13.8 Å². The van der Waals surface area contributed by atoms with Gasteiger partial charge in [0.25, 0.3) is 7.37 Å². The zero-order valence-corrected chi connectivity index (χ0v) is 16.5. The summed E-state index contributed by atoms with van der Waals surface area (Å²) >= 11 is 0. The predicted octanol–water partition coefficient (Wildman–Crippen LogP) is 3.58. The number of hydrogen-bond donors (Lipinski definition) is 2. The van der Waals surface area contributed by atoms with Gasteiger partial charge in [0.15, 0.2) is 17.0 Å². The van der Waals surface area contributed by atoms with Crippen LogP contribution in [0.3, 0.4) is 0 Å². The second-order valence-corrected chi connectivity index (χ2v) is 9.38. The number of ether oxygens (including phenoxy) is 1. The van der Waals surface area contributed by atoms with Crippen molar-refractivity contribution in [3.63, 3.8) is 0 Å². The van der Waals surface area contributed by atoms with Crippen LogP contribution in [0.1, 0.15) is 20.3 Å². The molecule has 1 unspecified atom stereocenters. The fraction of sp³-hybridized carbons (Fsp3) is 0.421. The molecule has 2 heterocycles. The van der Waals surface area contributed by atoms with Crippen molar-refractivity contribution in [2.45, 2.75) is 32.9 Å². The van der Waals surface area contributed by atoms with Gasteiger partial charge in [-0.3, -0.25) is 4.57 Å². The van der Waals surface area contributed by atoms with Gasteiger partial charge in [0.05, 0.1) is 12.9 Å². The maximum absolute atomic E-state index is 12.5. The third-order valence-corrected chi connectivity index (χ3v) is 5.49. The lowest BCUT2D eigenvalue weighted by Gasteiger charge is -2.15. The van der Waals surface area contributed by atoms with Crippen LogP contribution in [0, 0.1) is 0 Å². The normalized spacial score (nSPS) is 15.5. The van der Waals surface area contributed by atoms with E-state index in [1.807, 2.05) is 22.8 Å². The van der Waals surface area contributed by atoms with Crippen molar-refractivity contribution in [2.24, 2.45) is 0 Å². The van der Waals surface area contributed by atoms with Crippen molar-refractivity contribution in [3.8, 4) is 5.75 Å². The van der Waals surface area contributed by atoms with E-state index in [1.54, 1.807) is 25.1 Å².